The Morgan fingerprint density at radius 2 is 2.14 bits per heavy atom. The van der Waals surface area contributed by atoms with Crippen LogP contribution < -0.4 is 5.30 Å². The first-order valence-corrected chi connectivity index (χ1v) is 5.75. The molecule has 2 N–H and O–H groups in total. The van der Waals surface area contributed by atoms with Crippen molar-refractivity contribution < 1.29 is 19.6 Å². The van der Waals surface area contributed by atoms with Crippen molar-refractivity contribution in [3.05, 3.63) is 24.3 Å². The molecule has 0 amide bonds. The summed E-state index contributed by atoms with van der Waals surface area (Å²) in [6, 6.07) is 6.11. The number of aliphatic carboxylic acids is 1. The summed E-state index contributed by atoms with van der Waals surface area (Å²) >= 11 is 0. The Labute approximate surface area is 82.0 Å². The van der Waals surface area contributed by atoms with Crippen LogP contribution in [0, 0.1) is 0 Å². The SMILES string of the molecule is O=C(O)CC[PH](=O)c1cccc(O)c1. The highest BCUT2D eigenvalue weighted by atomic mass is 31.1. The number of benzene rings is 1. The van der Waals surface area contributed by atoms with E-state index in [2.05, 4.69) is 0 Å². The molecule has 1 aromatic rings. The van der Waals surface area contributed by atoms with E-state index in [-0.39, 0.29) is 18.3 Å². The molecule has 1 unspecified atom stereocenters. The summed E-state index contributed by atoms with van der Waals surface area (Å²) in [5.74, 6) is -0.903. The first-order valence-electron chi connectivity index (χ1n) is 4.13. The Kier molecular flexibility index (Phi) is 3.72. The summed E-state index contributed by atoms with van der Waals surface area (Å²) in [5.41, 5.74) is 0. The lowest BCUT2D eigenvalue weighted by Gasteiger charge is -2.00. The largest absolute Gasteiger partial charge is 0.508 e. The molecule has 0 aliphatic heterocycles. The van der Waals surface area contributed by atoms with Gasteiger partial charge in [-0.25, -0.2) is 0 Å². The second kappa shape index (κ2) is 4.82. The van der Waals surface area contributed by atoms with E-state index in [0.717, 1.165) is 0 Å². The van der Waals surface area contributed by atoms with Gasteiger partial charge in [-0.1, -0.05) is 12.1 Å². The lowest BCUT2D eigenvalue weighted by atomic mass is 10.3. The van der Waals surface area contributed by atoms with Crippen LogP contribution in [0.5, 0.6) is 5.75 Å². The van der Waals surface area contributed by atoms with Gasteiger partial charge in [0, 0.05) is 11.5 Å². The van der Waals surface area contributed by atoms with Crippen molar-refractivity contribution >= 4 is 19.1 Å². The van der Waals surface area contributed by atoms with E-state index < -0.39 is 13.8 Å². The van der Waals surface area contributed by atoms with Crippen molar-refractivity contribution in [1.82, 2.24) is 0 Å². The van der Waals surface area contributed by atoms with Gasteiger partial charge in [-0.15, -0.1) is 0 Å². The lowest BCUT2D eigenvalue weighted by molar-refractivity contribution is -0.136. The van der Waals surface area contributed by atoms with Crippen LogP contribution in [0.1, 0.15) is 6.42 Å². The molecular weight excluding hydrogens is 203 g/mol. The predicted octanol–water partition coefficient (Wildman–Crippen LogP) is 1.05. The van der Waals surface area contributed by atoms with E-state index in [1.54, 1.807) is 12.1 Å². The van der Waals surface area contributed by atoms with Gasteiger partial charge in [-0.05, 0) is 12.1 Å². The summed E-state index contributed by atoms with van der Waals surface area (Å²) in [6.45, 7) is 0. The number of carboxylic acids is 1. The fraction of sp³-hybridized carbons (Fsp3) is 0.222. The normalized spacial score (nSPS) is 12.3. The third kappa shape index (κ3) is 3.23. The van der Waals surface area contributed by atoms with Gasteiger partial charge in [-0.3, -0.25) is 4.79 Å². The van der Waals surface area contributed by atoms with Crippen LogP contribution in [0.25, 0.3) is 0 Å². The molecule has 0 fully saturated rings. The van der Waals surface area contributed by atoms with Crippen molar-refractivity contribution in [2.24, 2.45) is 0 Å². The molecule has 0 aliphatic carbocycles. The third-order valence-electron chi connectivity index (χ3n) is 1.73. The Bertz CT molecular complexity index is 362. The molecular formula is C9H11O4P. The molecule has 0 aromatic heterocycles. The Morgan fingerprint density at radius 1 is 1.43 bits per heavy atom. The van der Waals surface area contributed by atoms with Gasteiger partial charge in [0.2, 0.25) is 0 Å². The Balaban J connectivity index is 2.65. The lowest BCUT2D eigenvalue weighted by Crippen LogP contribution is -2.02. The zero-order valence-electron chi connectivity index (χ0n) is 7.43. The van der Waals surface area contributed by atoms with E-state index in [1.165, 1.54) is 12.1 Å². The highest BCUT2D eigenvalue weighted by Gasteiger charge is 2.06. The fourth-order valence-corrected chi connectivity index (χ4v) is 2.36. The Morgan fingerprint density at radius 3 is 2.71 bits per heavy atom. The average molecular weight is 214 g/mol. The number of hydrogen-bond donors (Lipinski definition) is 2. The van der Waals surface area contributed by atoms with Crippen molar-refractivity contribution in [3.8, 4) is 5.75 Å². The maximum absolute atomic E-state index is 11.5. The van der Waals surface area contributed by atoms with E-state index in [9.17, 15) is 9.36 Å². The second-order valence-electron chi connectivity index (χ2n) is 2.87. The second-order valence-corrected chi connectivity index (χ2v) is 4.79. The van der Waals surface area contributed by atoms with E-state index in [0.29, 0.717) is 5.30 Å². The van der Waals surface area contributed by atoms with Crippen molar-refractivity contribution in [2.75, 3.05) is 6.16 Å². The molecule has 0 aliphatic rings. The summed E-state index contributed by atoms with van der Waals surface area (Å²) in [5, 5.41) is 18.0. The first-order chi connectivity index (χ1) is 6.59. The van der Waals surface area contributed by atoms with Crippen LogP contribution in [0.3, 0.4) is 0 Å². The number of rotatable bonds is 4. The molecule has 5 heteroatoms. The molecule has 4 nitrogen and oxygen atoms in total. The van der Waals surface area contributed by atoms with Gasteiger partial charge in [0.1, 0.15) is 13.6 Å². The number of phenolic OH excluding ortho intramolecular Hbond substituents is 1. The predicted molar refractivity (Wildman–Crippen MR) is 53.9 cm³/mol. The third-order valence-corrected chi connectivity index (χ3v) is 3.39. The summed E-state index contributed by atoms with van der Waals surface area (Å²) in [7, 11) is -2.08. The highest BCUT2D eigenvalue weighted by molar-refractivity contribution is 7.53. The van der Waals surface area contributed by atoms with E-state index >= 15 is 0 Å². The van der Waals surface area contributed by atoms with Crippen LogP contribution in [0.15, 0.2) is 24.3 Å². The molecule has 0 spiro atoms. The van der Waals surface area contributed by atoms with Crippen LogP contribution in [0.2, 0.25) is 0 Å². The molecule has 0 saturated carbocycles. The van der Waals surface area contributed by atoms with Gasteiger partial charge in [-0.2, -0.15) is 0 Å². The summed E-state index contributed by atoms with van der Waals surface area (Å²) in [6.07, 6.45) is 0.0386. The minimum absolute atomic E-state index is 0.0520. The van der Waals surface area contributed by atoms with Gasteiger partial charge >= 0.3 is 5.97 Å². The molecule has 0 bridgehead atoms. The highest BCUT2D eigenvalue weighted by Crippen LogP contribution is 2.22. The van der Waals surface area contributed by atoms with Gasteiger partial charge in [0.15, 0.2) is 0 Å². The summed E-state index contributed by atoms with van der Waals surface area (Å²) < 4.78 is 11.5. The number of phenols is 1. The molecule has 0 heterocycles. The molecule has 76 valence electrons. The number of carbonyl (C=O) groups is 1. The van der Waals surface area contributed by atoms with E-state index in [1.807, 2.05) is 0 Å². The van der Waals surface area contributed by atoms with Gasteiger partial charge in [0.05, 0.1) is 6.42 Å². The van der Waals surface area contributed by atoms with Crippen LogP contribution in [0.4, 0.5) is 0 Å². The zero-order valence-corrected chi connectivity index (χ0v) is 8.43. The topological polar surface area (TPSA) is 74.6 Å². The summed E-state index contributed by atoms with van der Waals surface area (Å²) in [4.78, 5) is 10.2. The molecule has 0 saturated heterocycles. The molecule has 1 rings (SSSR count). The minimum atomic E-state index is -2.08. The number of carboxylic acid groups (broad SMARTS) is 1. The smallest absolute Gasteiger partial charge is 0.303 e. The zero-order chi connectivity index (χ0) is 10.6. The van der Waals surface area contributed by atoms with Crippen molar-refractivity contribution in [3.63, 3.8) is 0 Å². The molecule has 1 atom stereocenters. The van der Waals surface area contributed by atoms with Crippen LogP contribution in [-0.4, -0.2) is 22.3 Å². The quantitative estimate of drug-likeness (QED) is 0.734. The number of hydrogen-bond acceptors (Lipinski definition) is 3. The standard InChI is InChI=1S/C9H11O4P/c10-7-2-1-3-8(6-7)14(13)5-4-9(11)12/h1-3,6,10,14H,4-5H2,(H,11,12). The molecule has 0 radical (unpaired) electrons. The maximum Gasteiger partial charge on any atom is 0.303 e. The average Bonchev–Trinajstić information content (AvgIpc) is 2.14. The van der Waals surface area contributed by atoms with E-state index in [4.69, 9.17) is 10.2 Å². The van der Waals surface area contributed by atoms with Crippen LogP contribution >= 0.6 is 7.80 Å². The van der Waals surface area contributed by atoms with Crippen molar-refractivity contribution in [1.29, 1.82) is 0 Å². The fourth-order valence-electron chi connectivity index (χ4n) is 1.04. The van der Waals surface area contributed by atoms with Gasteiger partial charge < -0.3 is 14.8 Å². The minimum Gasteiger partial charge on any atom is -0.508 e. The first kappa shape index (κ1) is 10.8. The maximum atomic E-state index is 11.5. The monoisotopic (exact) mass is 214 g/mol. The molecule has 14 heavy (non-hydrogen) atoms. The number of aromatic hydroxyl groups is 1. The van der Waals surface area contributed by atoms with Crippen molar-refractivity contribution in [2.45, 2.75) is 6.42 Å². The van der Waals surface area contributed by atoms with Gasteiger partial charge in [0.25, 0.3) is 0 Å². The Hall–Kier alpha value is -1.28. The molecule has 1 aromatic carbocycles. The van der Waals surface area contributed by atoms with Crippen LogP contribution in [-0.2, 0) is 9.36 Å².